The number of pyridine rings is 1. The lowest BCUT2D eigenvalue weighted by Gasteiger charge is -2.21. The summed E-state index contributed by atoms with van der Waals surface area (Å²) >= 11 is 5.45. The van der Waals surface area contributed by atoms with E-state index in [2.05, 4.69) is 30.5 Å². The predicted molar refractivity (Wildman–Crippen MR) is 157 cm³/mol. The highest BCUT2D eigenvalue weighted by atomic mass is 32.1. The summed E-state index contributed by atoms with van der Waals surface area (Å²) in [5.41, 5.74) is 2.17. The SMILES string of the molecule is CCC(Oc1ccc(NC(=S)NCCCn2cncc2C)cc1OC)c1ccnc(NC(=O)OC(C)(C)C)c1. The molecule has 3 rings (SSSR count). The van der Waals surface area contributed by atoms with Crippen molar-refractivity contribution in [2.24, 2.45) is 0 Å². The Morgan fingerprint density at radius 3 is 2.62 bits per heavy atom. The quantitative estimate of drug-likeness (QED) is 0.198. The van der Waals surface area contributed by atoms with E-state index in [0.29, 0.717) is 28.9 Å². The molecule has 0 radical (unpaired) electrons. The van der Waals surface area contributed by atoms with Crippen LogP contribution in [0.2, 0.25) is 0 Å². The topological polar surface area (TPSA) is 112 Å². The Morgan fingerprint density at radius 2 is 1.95 bits per heavy atom. The van der Waals surface area contributed by atoms with E-state index in [0.717, 1.165) is 36.5 Å². The summed E-state index contributed by atoms with van der Waals surface area (Å²) in [6.07, 6.45) is 6.06. The van der Waals surface area contributed by atoms with E-state index in [9.17, 15) is 4.79 Å². The van der Waals surface area contributed by atoms with Crippen LogP contribution in [-0.4, -0.2) is 45.0 Å². The van der Waals surface area contributed by atoms with Crippen LogP contribution >= 0.6 is 12.2 Å². The molecule has 11 heteroatoms. The van der Waals surface area contributed by atoms with E-state index in [4.69, 9.17) is 26.4 Å². The molecule has 10 nitrogen and oxygen atoms in total. The molecule has 1 amide bonds. The van der Waals surface area contributed by atoms with Gasteiger partial charge in [0.1, 0.15) is 17.5 Å². The molecule has 2 heterocycles. The largest absolute Gasteiger partial charge is 0.493 e. The fourth-order valence-corrected chi connectivity index (χ4v) is 3.97. The number of aryl methyl sites for hydroxylation is 2. The van der Waals surface area contributed by atoms with E-state index in [-0.39, 0.29) is 6.10 Å². The number of imidazole rings is 1. The van der Waals surface area contributed by atoms with Crippen LogP contribution in [-0.2, 0) is 11.3 Å². The number of carbonyl (C=O) groups is 1. The zero-order valence-electron chi connectivity index (χ0n) is 23.4. The van der Waals surface area contributed by atoms with Crippen molar-refractivity contribution < 1.29 is 19.0 Å². The van der Waals surface area contributed by atoms with Crippen molar-refractivity contribution in [3.63, 3.8) is 0 Å². The van der Waals surface area contributed by atoms with E-state index < -0.39 is 11.7 Å². The van der Waals surface area contributed by atoms with Crippen molar-refractivity contribution in [2.75, 3.05) is 24.3 Å². The van der Waals surface area contributed by atoms with Crippen molar-refractivity contribution in [1.82, 2.24) is 19.9 Å². The molecule has 2 aromatic heterocycles. The van der Waals surface area contributed by atoms with Gasteiger partial charge in [-0.05, 0) is 82.6 Å². The lowest BCUT2D eigenvalue weighted by atomic mass is 10.1. The Morgan fingerprint density at radius 1 is 1.15 bits per heavy atom. The Labute approximate surface area is 235 Å². The summed E-state index contributed by atoms with van der Waals surface area (Å²) < 4.78 is 19.3. The maximum absolute atomic E-state index is 12.2. The molecule has 1 unspecified atom stereocenters. The predicted octanol–water partition coefficient (Wildman–Crippen LogP) is 5.85. The highest BCUT2D eigenvalue weighted by Gasteiger charge is 2.19. The van der Waals surface area contributed by atoms with Crippen molar-refractivity contribution in [1.29, 1.82) is 0 Å². The molecular weight excluding hydrogens is 516 g/mol. The normalized spacial score (nSPS) is 11.8. The van der Waals surface area contributed by atoms with Gasteiger partial charge in [0.05, 0.1) is 13.4 Å². The number of amides is 1. The molecule has 39 heavy (non-hydrogen) atoms. The lowest BCUT2D eigenvalue weighted by Crippen LogP contribution is -2.29. The van der Waals surface area contributed by atoms with E-state index in [1.807, 2.05) is 50.6 Å². The van der Waals surface area contributed by atoms with Crippen LogP contribution in [0, 0.1) is 6.92 Å². The van der Waals surface area contributed by atoms with Gasteiger partial charge in [0.2, 0.25) is 0 Å². The third-order valence-electron chi connectivity index (χ3n) is 5.63. The van der Waals surface area contributed by atoms with E-state index in [1.54, 1.807) is 40.1 Å². The summed E-state index contributed by atoms with van der Waals surface area (Å²) in [6, 6.07) is 9.20. The fourth-order valence-electron chi connectivity index (χ4n) is 3.75. The molecule has 0 fully saturated rings. The Kier molecular flexibility index (Phi) is 10.5. The van der Waals surface area contributed by atoms with Gasteiger partial charge in [0.25, 0.3) is 0 Å². The number of aromatic nitrogens is 3. The maximum atomic E-state index is 12.2. The van der Waals surface area contributed by atoms with Crippen molar-refractivity contribution in [3.05, 3.63) is 60.3 Å². The number of nitrogens with zero attached hydrogens (tertiary/aromatic N) is 3. The summed E-state index contributed by atoms with van der Waals surface area (Å²) in [4.78, 5) is 20.5. The highest BCUT2D eigenvalue weighted by molar-refractivity contribution is 7.80. The van der Waals surface area contributed by atoms with Crippen LogP contribution in [0.15, 0.2) is 49.1 Å². The number of thiocarbonyl (C=S) groups is 1. The molecule has 3 N–H and O–H groups in total. The monoisotopic (exact) mass is 554 g/mol. The van der Waals surface area contributed by atoms with Crippen LogP contribution in [0.5, 0.6) is 11.5 Å². The lowest BCUT2D eigenvalue weighted by molar-refractivity contribution is 0.0635. The summed E-state index contributed by atoms with van der Waals surface area (Å²) in [7, 11) is 1.59. The number of anilines is 2. The van der Waals surface area contributed by atoms with Crippen molar-refractivity contribution >= 4 is 34.9 Å². The first-order valence-electron chi connectivity index (χ1n) is 12.9. The van der Waals surface area contributed by atoms with Gasteiger partial charge in [-0.15, -0.1) is 0 Å². The second-order valence-corrected chi connectivity index (χ2v) is 10.4. The molecule has 0 spiro atoms. The molecular formula is C28H38N6O4S. The molecule has 1 aromatic carbocycles. The zero-order valence-corrected chi connectivity index (χ0v) is 24.2. The van der Waals surface area contributed by atoms with E-state index in [1.165, 1.54) is 0 Å². The standard InChI is InChI=1S/C28H38N6O4S/c1-7-22(20-11-13-30-25(15-20)33-27(35)38-28(3,4)5)37-23-10-9-21(16-24(23)36-6)32-26(39)31-12-8-14-34-18-29-17-19(34)2/h9-11,13,15-18,22H,7-8,12,14H2,1-6H3,(H,30,33,35)(H2,31,32,39). The molecule has 0 saturated heterocycles. The number of carbonyl (C=O) groups excluding carboxylic acids is 1. The number of hydrogen-bond acceptors (Lipinski definition) is 7. The van der Waals surface area contributed by atoms with E-state index >= 15 is 0 Å². The van der Waals surface area contributed by atoms with Crippen LogP contribution in [0.25, 0.3) is 0 Å². The third kappa shape index (κ3) is 9.43. The minimum absolute atomic E-state index is 0.290. The molecule has 1 atom stereocenters. The summed E-state index contributed by atoms with van der Waals surface area (Å²) in [6.45, 7) is 11.1. The fraction of sp³-hybridized carbons (Fsp3) is 0.429. The number of hydrogen-bond donors (Lipinski definition) is 3. The molecule has 3 aromatic rings. The van der Waals surface area contributed by atoms with Gasteiger partial charge in [-0.3, -0.25) is 5.32 Å². The number of methoxy groups -OCH3 is 1. The van der Waals surface area contributed by atoms with Crippen molar-refractivity contribution in [3.8, 4) is 11.5 Å². The van der Waals surface area contributed by atoms with Gasteiger partial charge in [-0.1, -0.05) is 6.92 Å². The van der Waals surface area contributed by atoms with Gasteiger partial charge >= 0.3 is 6.09 Å². The van der Waals surface area contributed by atoms with Gasteiger partial charge < -0.3 is 29.4 Å². The average molecular weight is 555 g/mol. The van der Waals surface area contributed by atoms with Crippen LogP contribution in [0.3, 0.4) is 0 Å². The first-order chi connectivity index (χ1) is 18.6. The molecule has 0 aliphatic rings. The van der Waals surface area contributed by atoms with Crippen LogP contribution < -0.4 is 25.4 Å². The van der Waals surface area contributed by atoms with Gasteiger partial charge in [-0.2, -0.15) is 0 Å². The van der Waals surface area contributed by atoms with Gasteiger partial charge in [-0.25, -0.2) is 14.8 Å². The smallest absolute Gasteiger partial charge is 0.413 e. The number of nitrogens with one attached hydrogen (secondary N) is 3. The van der Waals surface area contributed by atoms with Gasteiger partial charge in [0, 0.05) is 42.9 Å². The minimum atomic E-state index is -0.603. The summed E-state index contributed by atoms with van der Waals surface area (Å²) in [5, 5.41) is 9.63. The maximum Gasteiger partial charge on any atom is 0.413 e. The molecule has 0 aliphatic heterocycles. The Balaban J connectivity index is 1.58. The Bertz CT molecular complexity index is 1260. The van der Waals surface area contributed by atoms with Gasteiger partial charge in [0.15, 0.2) is 16.6 Å². The first kappa shape index (κ1) is 29.7. The molecule has 210 valence electrons. The zero-order chi connectivity index (χ0) is 28.4. The highest BCUT2D eigenvalue weighted by Crippen LogP contribution is 2.35. The molecule has 0 saturated carbocycles. The first-order valence-corrected chi connectivity index (χ1v) is 13.3. The Hall–Kier alpha value is -3.86. The number of ether oxygens (including phenoxy) is 3. The second kappa shape index (κ2) is 13.8. The van der Waals surface area contributed by atoms with Crippen LogP contribution in [0.4, 0.5) is 16.3 Å². The summed E-state index contributed by atoms with van der Waals surface area (Å²) in [5.74, 6) is 1.54. The number of rotatable bonds is 11. The van der Waals surface area contributed by atoms with Crippen molar-refractivity contribution in [2.45, 2.75) is 65.7 Å². The van der Waals surface area contributed by atoms with Crippen LogP contribution in [0.1, 0.15) is 57.9 Å². The second-order valence-electron chi connectivity index (χ2n) is 9.94. The molecule has 0 aliphatic carbocycles. The average Bonchev–Trinajstić information content (AvgIpc) is 3.29. The number of benzene rings is 1. The minimum Gasteiger partial charge on any atom is -0.493 e. The third-order valence-corrected chi connectivity index (χ3v) is 5.87. The molecule has 0 bridgehead atoms.